The van der Waals surface area contributed by atoms with E-state index in [2.05, 4.69) is 4.98 Å². The van der Waals surface area contributed by atoms with Crippen molar-refractivity contribution in [1.82, 2.24) is 4.98 Å². The van der Waals surface area contributed by atoms with Crippen molar-refractivity contribution >= 4 is 23.6 Å². The van der Waals surface area contributed by atoms with Crippen molar-refractivity contribution in [3.05, 3.63) is 34.6 Å². The number of pyridine rings is 1. The molecule has 0 aliphatic rings. The van der Waals surface area contributed by atoms with Crippen molar-refractivity contribution in [2.24, 2.45) is 5.73 Å². The SMILES string of the molecule is NCCC=Cc1cnc(Cl)c(C(=O)O)c1. The summed E-state index contributed by atoms with van der Waals surface area (Å²) < 4.78 is 0. The number of hydrogen-bond acceptors (Lipinski definition) is 3. The van der Waals surface area contributed by atoms with Crippen LogP contribution in [-0.4, -0.2) is 22.6 Å². The Morgan fingerprint density at radius 1 is 1.67 bits per heavy atom. The molecule has 1 aromatic heterocycles. The quantitative estimate of drug-likeness (QED) is 0.768. The first-order chi connectivity index (χ1) is 7.15. The number of nitrogens with zero attached hydrogens (tertiary/aromatic N) is 1. The minimum Gasteiger partial charge on any atom is -0.478 e. The number of halogens is 1. The van der Waals surface area contributed by atoms with Crippen LogP contribution in [0.25, 0.3) is 6.08 Å². The topological polar surface area (TPSA) is 76.2 Å². The average molecular weight is 227 g/mol. The first-order valence-electron chi connectivity index (χ1n) is 4.40. The molecule has 5 heteroatoms. The number of nitrogens with two attached hydrogens (primary N) is 1. The van der Waals surface area contributed by atoms with Gasteiger partial charge < -0.3 is 10.8 Å². The van der Waals surface area contributed by atoms with Gasteiger partial charge in [0.05, 0.1) is 5.56 Å². The van der Waals surface area contributed by atoms with Crippen LogP contribution in [0.15, 0.2) is 18.3 Å². The third-order valence-corrected chi connectivity index (χ3v) is 2.04. The Kier molecular flexibility index (Phi) is 4.27. The Balaban J connectivity index is 2.92. The zero-order valence-corrected chi connectivity index (χ0v) is 8.74. The Morgan fingerprint density at radius 2 is 2.40 bits per heavy atom. The fourth-order valence-electron chi connectivity index (χ4n) is 1.02. The predicted octanol–water partition coefficient (Wildman–Crippen LogP) is 1.80. The molecule has 1 aromatic rings. The number of carboxylic acids is 1. The van der Waals surface area contributed by atoms with Gasteiger partial charge in [0, 0.05) is 6.20 Å². The van der Waals surface area contributed by atoms with E-state index in [1.807, 2.05) is 6.08 Å². The molecule has 0 aliphatic carbocycles. The molecule has 0 atom stereocenters. The summed E-state index contributed by atoms with van der Waals surface area (Å²) in [7, 11) is 0. The van der Waals surface area contributed by atoms with Crippen LogP contribution in [-0.2, 0) is 0 Å². The normalized spacial score (nSPS) is 10.8. The molecule has 0 aliphatic heterocycles. The second-order valence-electron chi connectivity index (χ2n) is 2.89. The highest BCUT2D eigenvalue weighted by Crippen LogP contribution is 2.15. The zero-order chi connectivity index (χ0) is 11.3. The summed E-state index contributed by atoms with van der Waals surface area (Å²) in [6.07, 6.45) is 5.88. The summed E-state index contributed by atoms with van der Waals surface area (Å²) in [5.41, 5.74) is 6.02. The van der Waals surface area contributed by atoms with E-state index in [1.54, 1.807) is 6.08 Å². The van der Waals surface area contributed by atoms with E-state index >= 15 is 0 Å². The summed E-state index contributed by atoms with van der Waals surface area (Å²) in [5, 5.41) is 8.79. The van der Waals surface area contributed by atoms with Crippen LogP contribution in [0.2, 0.25) is 5.15 Å². The minimum atomic E-state index is -1.08. The van der Waals surface area contributed by atoms with Crippen LogP contribution >= 0.6 is 11.6 Å². The largest absolute Gasteiger partial charge is 0.478 e. The van der Waals surface area contributed by atoms with Crippen molar-refractivity contribution in [2.75, 3.05) is 6.54 Å². The molecule has 0 amide bonds. The lowest BCUT2D eigenvalue weighted by Crippen LogP contribution is -1.99. The molecule has 3 N–H and O–H groups in total. The first-order valence-corrected chi connectivity index (χ1v) is 4.78. The molecule has 0 aromatic carbocycles. The summed E-state index contributed by atoms with van der Waals surface area (Å²) in [6, 6.07) is 1.48. The zero-order valence-electron chi connectivity index (χ0n) is 7.98. The van der Waals surface area contributed by atoms with Gasteiger partial charge in [-0.3, -0.25) is 0 Å². The molecule has 80 valence electrons. The molecule has 0 bridgehead atoms. The Morgan fingerprint density at radius 3 is 3.00 bits per heavy atom. The lowest BCUT2D eigenvalue weighted by Gasteiger charge is -1.99. The minimum absolute atomic E-state index is 0.00141. The van der Waals surface area contributed by atoms with Crippen LogP contribution in [0, 0.1) is 0 Å². The second kappa shape index (κ2) is 5.48. The lowest BCUT2D eigenvalue weighted by molar-refractivity contribution is 0.0696. The Labute approximate surface area is 92.4 Å². The standard InChI is InChI=1S/C10H11ClN2O2/c11-9-8(10(14)15)5-7(6-13-9)3-1-2-4-12/h1,3,5-6H,2,4,12H2,(H,14,15). The molecule has 0 saturated heterocycles. The summed E-state index contributed by atoms with van der Waals surface area (Å²) in [4.78, 5) is 14.5. The van der Waals surface area contributed by atoms with Gasteiger partial charge in [-0.05, 0) is 24.6 Å². The highest BCUT2D eigenvalue weighted by atomic mass is 35.5. The van der Waals surface area contributed by atoms with E-state index in [9.17, 15) is 4.79 Å². The first kappa shape index (κ1) is 11.7. The summed E-state index contributed by atoms with van der Waals surface area (Å²) in [5.74, 6) is -1.08. The average Bonchev–Trinajstić information content (AvgIpc) is 2.20. The number of carboxylic acid groups (broad SMARTS) is 1. The molecular weight excluding hydrogens is 216 g/mol. The van der Waals surface area contributed by atoms with E-state index in [-0.39, 0.29) is 10.7 Å². The number of aromatic nitrogens is 1. The highest BCUT2D eigenvalue weighted by Gasteiger charge is 2.09. The van der Waals surface area contributed by atoms with Gasteiger partial charge in [0.1, 0.15) is 5.15 Å². The third-order valence-electron chi connectivity index (χ3n) is 1.73. The number of aromatic carboxylic acids is 1. The fraction of sp³-hybridized carbons (Fsp3) is 0.200. The second-order valence-corrected chi connectivity index (χ2v) is 3.25. The van der Waals surface area contributed by atoms with Crippen LogP contribution in [0.1, 0.15) is 22.3 Å². The van der Waals surface area contributed by atoms with Crippen LogP contribution in [0.5, 0.6) is 0 Å². The molecule has 0 saturated carbocycles. The Hall–Kier alpha value is -1.39. The highest BCUT2D eigenvalue weighted by molar-refractivity contribution is 6.32. The third kappa shape index (κ3) is 3.34. The molecule has 0 fully saturated rings. The maximum Gasteiger partial charge on any atom is 0.338 e. The van der Waals surface area contributed by atoms with Gasteiger partial charge in [-0.15, -0.1) is 0 Å². The predicted molar refractivity (Wildman–Crippen MR) is 58.9 cm³/mol. The molecule has 15 heavy (non-hydrogen) atoms. The smallest absolute Gasteiger partial charge is 0.338 e. The molecule has 1 rings (SSSR count). The maximum absolute atomic E-state index is 10.7. The van der Waals surface area contributed by atoms with Gasteiger partial charge in [-0.25, -0.2) is 9.78 Å². The molecule has 0 unspecified atom stereocenters. The van der Waals surface area contributed by atoms with Crippen molar-refractivity contribution < 1.29 is 9.90 Å². The van der Waals surface area contributed by atoms with E-state index in [0.29, 0.717) is 12.1 Å². The monoisotopic (exact) mass is 226 g/mol. The molecule has 1 heterocycles. The molecule has 0 spiro atoms. The summed E-state index contributed by atoms with van der Waals surface area (Å²) in [6.45, 7) is 0.559. The van der Waals surface area contributed by atoms with Gasteiger partial charge >= 0.3 is 5.97 Å². The van der Waals surface area contributed by atoms with Gasteiger partial charge in [0.2, 0.25) is 0 Å². The molecule has 4 nitrogen and oxygen atoms in total. The molecule has 0 radical (unpaired) electrons. The van der Waals surface area contributed by atoms with Crippen molar-refractivity contribution in [1.29, 1.82) is 0 Å². The van der Waals surface area contributed by atoms with Gasteiger partial charge in [-0.1, -0.05) is 23.8 Å². The van der Waals surface area contributed by atoms with E-state index < -0.39 is 5.97 Å². The van der Waals surface area contributed by atoms with Crippen LogP contribution in [0.4, 0.5) is 0 Å². The molecular formula is C10H11ClN2O2. The maximum atomic E-state index is 10.7. The lowest BCUT2D eigenvalue weighted by atomic mass is 10.2. The van der Waals surface area contributed by atoms with Crippen LogP contribution in [0.3, 0.4) is 0 Å². The van der Waals surface area contributed by atoms with E-state index in [1.165, 1.54) is 12.3 Å². The van der Waals surface area contributed by atoms with Crippen molar-refractivity contribution in [3.63, 3.8) is 0 Å². The summed E-state index contributed by atoms with van der Waals surface area (Å²) >= 11 is 5.62. The number of hydrogen-bond donors (Lipinski definition) is 2. The van der Waals surface area contributed by atoms with E-state index in [4.69, 9.17) is 22.4 Å². The number of rotatable bonds is 4. The fourth-order valence-corrected chi connectivity index (χ4v) is 1.21. The van der Waals surface area contributed by atoms with Crippen molar-refractivity contribution in [2.45, 2.75) is 6.42 Å². The van der Waals surface area contributed by atoms with Crippen LogP contribution < -0.4 is 5.73 Å². The van der Waals surface area contributed by atoms with E-state index in [0.717, 1.165) is 6.42 Å². The number of carbonyl (C=O) groups is 1. The van der Waals surface area contributed by atoms with Gasteiger partial charge in [0.25, 0.3) is 0 Å². The van der Waals surface area contributed by atoms with Gasteiger partial charge in [-0.2, -0.15) is 0 Å². The Bertz CT molecular complexity index is 391. The van der Waals surface area contributed by atoms with Crippen molar-refractivity contribution in [3.8, 4) is 0 Å². The van der Waals surface area contributed by atoms with Gasteiger partial charge in [0.15, 0.2) is 0 Å².